The molecule has 1 amide bonds. The van der Waals surface area contributed by atoms with Crippen molar-refractivity contribution in [2.75, 3.05) is 59.0 Å². The van der Waals surface area contributed by atoms with Gasteiger partial charge >= 0.3 is 18.0 Å². The van der Waals surface area contributed by atoms with E-state index < -0.39 is 5.41 Å². The number of carbonyl (C=O) groups excluding carboxylic acids is 3. The highest BCUT2D eigenvalue weighted by atomic mass is 16.6. The Balaban J connectivity index is 1.12. The van der Waals surface area contributed by atoms with E-state index in [0.717, 1.165) is 31.8 Å². The largest absolute Gasteiger partial charge is 0.466 e. The summed E-state index contributed by atoms with van der Waals surface area (Å²) in [6.07, 6.45) is 6.61. The minimum Gasteiger partial charge on any atom is -0.466 e. The molecule has 0 bridgehead atoms. The van der Waals surface area contributed by atoms with Gasteiger partial charge in [0.25, 0.3) is 0 Å². The van der Waals surface area contributed by atoms with Crippen LogP contribution in [-0.4, -0.2) is 97.9 Å². The number of amides is 1. The second-order valence-corrected chi connectivity index (χ2v) is 11.9. The minimum absolute atomic E-state index is 0.0481. The number of carbonyl (C=O) groups is 3. The molecule has 1 aromatic carbocycles. The van der Waals surface area contributed by atoms with Gasteiger partial charge in [-0.1, -0.05) is 43.2 Å². The van der Waals surface area contributed by atoms with Crippen LogP contribution in [-0.2, 0) is 30.3 Å². The average molecular weight is 572 g/mol. The highest BCUT2D eigenvalue weighted by Crippen LogP contribution is 2.37. The van der Waals surface area contributed by atoms with Gasteiger partial charge in [-0.2, -0.15) is 0 Å². The van der Waals surface area contributed by atoms with Crippen LogP contribution in [0.15, 0.2) is 30.3 Å². The van der Waals surface area contributed by atoms with Crippen LogP contribution in [0.2, 0.25) is 0 Å². The van der Waals surface area contributed by atoms with Crippen LogP contribution in [0.1, 0.15) is 70.8 Å². The molecule has 9 heteroatoms. The normalized spacial score (nSPS) is 22.0. The standard InChI is InChI=1S/C32H49N3O6/c1-3-39-29(36)22-32(30(37)40-4-2)15-20-34(21-16-32)24-28-25-35(31(38)41-28)17-9-8-10-26-13-18-33(19-14-26)23-27-11-6-5-7-12-27/h5-7,11-12,26,28H,3-4,8-10,13-25H2,1-2H3. The second kappa shape index (κ2) is 15.5. The van der Waals surface area contributed by atoms with E-state index in [1.807, 2.05) is 4.90 Å². The Morgan fingerprint density at radius 1 is 0.951 bits per heavy atom. The van der Waals surface area contributed by atoms with E-state index >= 15 is 0 Å². The van der Waals surface area contributed by atoms with Crippen molar-refractivity contribution in [2.24, 2.45) is 11.3 Å². The number of hydrogen-bond acceptors (Lipinski definition) is 8. The number of unbranched alkanes of at least 4 members (excludes halogenated alkanes) is 1. The molecule has 0 radical (unpaired) electrons. The van der Waals surface area contributed by atoms with Crippen LogP contribution < -0.4 is 0 Å². The topological polar surface area (TPSA) is 88.6 Å². The molecule has 41 heavy (non-hydrogen) atoms. The summed E-state index contributed by atoms with van der Waals surface area (Å²) in [5.74, 6) is 0.108. The first-order valence-corrected chi connectivity index (χ1v) is 15.7. The monoisotopic (exact) mass is 571 g/mol. The third-order valence-corrected chi connectivity index (χ3v) is 8.97. The van der Waals surface area contributed by atoms with E-state index in [1.165, 1.54) is 37.9 Å². The Hall–Kier alpha value is -2.65. The zero-order valence-electron chi connectivity index (χ0n) is 25.1. The molecule has 3 aliphatic rings. The van der Waals surface area contributed by atoms with Crippen LogP contribution in [0.25, 0.3) is 0 Å². The van der Waals surface area contributed by atoms with E-state index in [9.17, 15) is 14.4 Å². The van der Waals surface area contributed by atoms with Gasteiger partial charge < -0.3 is 19.1 Å². The van der Waals surface area contributed by atoms with Crippen molar-refractivity contribution < 1.29 is 28.6 Å². The van der Waals surface area contributed by atoms with Crippen molar-refractivity contribution in [2.45, 2.75) is 77.9 Å². The van der Waals surface area contributed by atoms with Crippen LogP contribution in [0.4, 0.5) is 4.79 Å². The minimum atomic E-state index is -0.838. The number of benzene rings is 1. The first kappa shape index (κ1) is 31.3. The maximum atomic E-state index is 12.8. The average Bonchev–Trinajstić information content (AvgIpc) is 3.32. The van der Waals surface area contributed by atoms with E-state index in [2.05, 4.69) is 40.1 Å². The Morgan fingerprint density at radius 2 is 1.66 bits per heavy atom. The lowest BCUT2D eigenvalue weighted by atomic mass is 9.75. The van der Waals surface area contributed by atoms with Crippen molar-refractivity contribution in [3.63, 3.8) is 0 Å². The summed E-state index contributed by atoms with van der Waals surface area (Å²) in [6.45, 7) is 10.8. The molecule has 9 nitrogen and oxygen atoms in total. The third-order valence-electron chi connectivity index (χ3n) is 8.97. The SMILES string of the molecule is CCOC(=O)CC1(C(=O)OCC)CCN(CC2CN(CCCCC3CCN(Cc4ccccc4)CC3)C(=O)O2)CC1. The molecule has 1 atom stereocenters. The van der Waals surface area contributed by atoms with Gasteiger partial charge in [0.05, 0.1) is 31.6 Å². The maximum absolute atomic E-state index is 12.8. The van der Waals surface area contributed by atoms with E-state index in [1.54, 1.807) is 13.8 Å². The molecule has 0 spiro atoms. The number of hydrogen-bond donors (Lipinski definition) is 0. The molecular formula is C32H49N3O6. The van der Waals surface area contributed by atoms with E-state index in [-0.39, 0.29) is 37.2 Å². The zero-order valence-corrected chi connectivity index (χ0v) is 25.1. The molecule has 0 aliphatic carbocycles. The summed E-state index contributed by atoms with van der Waals surface area (Å²) in [5, 5.41) is 0. The van der Waals surface area contributed by atoms with Gasteiger partial charge in [0.2, 0.25) is 0 Å². The van der Waals surface area contributed by atoms with Crippen LogP contribution in [0.3, 0.4) is 0 Å². The first-order valence-electron chi connectivity index (χ1n) is 15.7. The van der Waals surface area contributed by atoms with Gasteiger partial charge in [0.15, 0.2) is 0 Å². The lowest BCUT2D eigenvalue weighted by Gasteiger charge is -2.39. The molecule has 4 rings (SSSR count). The molecule has 0 N–H and O–H groups in total. The quantitative estimate of drug-likeness (QED) is 0.183. The number of rotatable bonds is 14. The molecule has 3 fully saturated rings. The smallest absolute Gasteiger partial charge is 0.410 e. The lowest BCUT2D eigenvalue weighted by molar-refractivity contribution is -0.165. The highest BCUT2D eigenvalue weighted by molar-refractivity contribution is 5.83. The number of piperidine rings is 2. The number of nitrogens with zero attached hydrogens (tertiary/aromatic N) is 3. The fourth-order valence-corrected chi connectivity index (χ4v) is 6.54. The Kier molecular flexibility index (Phi) is 11.9. The van der Waals surface area contributed by atoms with Crippen LogP contribution in [0.5, 0.6) is 0 Å². The fourth-order valence-electron chi connectivity index (χ4n) is 6.54. The summed E-state index contributed by atoms with van der Waals surface area (Å²) >= 11 is 0. The maximum Gasteiger partial charge on any atom is 0.410 e. The van der Waals surface area contributed by atoms with Crippen molar-refractivity contribution >= 4 is 18.0 Å². The number of esters is 2. The summed E-state index contributed by atoms with van der Waals surface area (Å²) in [4.78, 5) is 44.2. The predicted molar refractivity (Wildman–Crippen MR) is 156 cm³/mol. The van der Waals surface area contributed by atoms with Gasteiger partial charge in [-0.15, -0.1) is 0 Å². The first-order chi connectivity index (χ1) is 19.9. The van der Waals surface area contributed by atoms with E-state index in [0.29, 0.717) is 45.6 Å². The molecule has 0 aromatic heterocycles. The zero-order chi connectivity index (χ0) is 29.1. The molecule has 228 valence electrons. The van der Waals surface area contributed by atoms with Gasteiger partial charge in [-0.25, -0.2) is 4.79 Å². The van der Waals surface area contributed by atoms with Gasteiger partial charge in [-0.3, -0.25) is 19.4 Å². The Bertz CT molecular complexity index is 973. The third kappa shape index (κ3) is 9.17. The van der Waals surface area contributed by atoms with Crippen LogP contribution >= 0.6 is 0 Å². The number of likely N-dealkylation sites (tertiary alicyclic amines) is 2. The van der Waals surface area contributed by atoms with E-state index in [4.69, 9.17) is 14.2 Å². The Labute approximate surface area is 245 Å². The van der Waals surface area contributed by atoms with Crippen LogP contribution in [0, 0.1) is 11.3 Å². The van der Waals surface area contributed by atoms with Crippen molar-refractivity contribution in [1.82, 2.24) is 14.7 Å². The highest BCUT2D eigenvalue weighted by Gasteiger charge is 2.45. The molecule has 3 saturated heterocycles. The molecule has 1 unspecified atom stereocenters. The summed E-state index contributed by atoms with van der Waals surface area (Å²) in [5.41, 5.74) is 0.552. The second-order valence-electron chi connectivity index (χ2n) is 11.9. The molecular weight excluding hydrogens is 522 g/mol. The summed E-state index contributed by atoms with van der Waals surface area (Å²) < 4.78 is 16.2. The van der Waals surface area contributed by atoms with Crippen molar-refractivity contribution in [3.05, 3.63) is 35.9 Å². The molecule has 3 heterocycles. The number of cyclic esters (lactones) is 1. The van der Waals surface area contributed by atoms with Crippen molar-refractivity contribution in [1.29, 1.82) is 0 Å². The fraction of sp³-hybridized carbons (Fsp3) is 0.719. The van der Waals surface area contributed by atoms with Crippen molar-refractivity contribution in [3.8, 4) is 0 Å². The molecule has 1 aromatic rings. The lowest BCUT2D eigenvalue weighted by Crippen LogP contribution is -2.48. The Morgan fingerprint density at radius 3 is 2.34 bits per heavy atom. The molecule has 0 saturated carbocycles. The number of ether oxygens (including phenoxy) is 3. The summed E-state index contributed by atoms with van der Waals surface area (Å²) in [6, 6.07) is 10.7. The van der Waals surface area contributed by atoms with Gasteiger partial charge in [-0.05, 0) is 83.6 Å². The summed E-state index contributed by atoms with van der Waals surface area (Å²) in [7, 11) is 0. The predicted octanol–water partition coefficient (Wildman–Crippen LogP) is 4.49. The van der Waals surface area contributed by atoms with Gasteiger partial charge in [0.1, 0.15) is 6.10 Å². The van der Waals surface area contributed by atoms with Gasteiger partial charge in [0, 0.05) is 19.6 Å². The molecule has 3 aliphatic heterocycles.